The molecule has 0 aromatic heterocycles. The lowest BCUT2D eigenvalue weighted by Crippen LogP contribution is -2.06. The second kappa shape index (κ2) is 9.18. The van der Waals surface area contributed by atoms with Gasteiger partial charge in [-0.1, -0.05) is 31.5 Å². The number of carbonyl (C=O) groups is 1. The van der Waals surface area contributed by atoms with E-state index < -0.39 is 10.9 Å². The summed E-state index contributed by atoms with van der Waals surface area (Å²) in [6.45, 7) is 6.13. The molecule has 0 bridgehead atoms. The van der Waals surface area contributed by atoms with E-state index in [0.717, 1.165) is 0 Å². The first-order valence-corrected chi connectivity index (χ1v) is 9.85. The molecule has 1 aliphatic heterocycles. The monoisotopic (exact) mass is 444 g/mol. The van der Waals surface area contributed by atoms with Gasteiger partial charge in [0.05, 0.1) is 23.7 Å². The molecular weight excluding hydrogens is 424 g/mol. The lowest BCUT2D eigenvalue weighted by Gasteiger charge is -2.14. The van der Waals surface area contributed by atoms with E-state index in [1.54, 1.807) is 31.2 Å². The number of ether oxygens (including phenoxy) is 3. The van der Waals surface area contributed by atoms with Crippen molar-refractivity contribution in [2.45, 2.75) is 20.8 Å². The van der Waals surface area contributed by atoms with E-state index in [1.165, 1.54) is 19.3 Å². The Labute approximate surface area is 184 Å². The lowest BCUT2D eigenvalue weighted by molar-refractivity contribution is -0.385. The molecule has 31 heavy (non-hydrogen) atoms. The number of hydrogen-bond acceptors (Lipinski definition) is 7. The second-order valence-corrected chi connectivity index (χ2v) is 7.74. The van der Waals surface area contributed by atoms with Crippen LogP contribution in [0.15, 0.2) is 41.0 Å². The van der Waals surface area contributed by atoms with E-state index in [2.05, 4.69) is 4.99 Å². The molecule has 2 aromatic carbocycles. The van der Waals surface area contributed by atoms with Crippen molar-refractivity contribution in [3.8, 4) is 11.5 Å². The summed E-state index contributed by atoms with van der Waals surface area (Å²) >= 11 is 6.35. The molecule has 1 heterocycles. The van der Waals surface area contributed by atoms with E-state index in [4.69, 9.17) is 25.8 Å². The van der Waals surface area contributed by atoms with Crippen LogP contribution in [0, 0.1) is 23.0 Å². The molecule has 0 spiro atoms. The third kappa shape index (κ3) is 5.03. The molecule has 2 aromatic rings. The number of nitro groups is 1. The van der Waals surface area contributed by atoms with E-state index in [-0.39, 0.29) is 17.3 Å². The topological polar surface area (TPSA) is 100 Å². The lowest BCUT2D eigenvalue weighted by atomic mass is 10.1. The molecule has 0 saturated carbocycles. The van der Waals surface area contributed by atoms with Crippen LogP contribution in [0.5, 0.6) is 11.5 Å². The van der Waals surface area contributed by atoms with Crippen molar-refractivity contribution in [1.29, 1.82) is 0 Å². The van der Waals surface area contributed by atoms with Crippen LogP contribution in [0.25, 0.3) is 6.08 Å². The fourth-order valence-corrected chi connectivity index (χ4v) is 3.12. The molecule has 0 N–H and O–H groups in total. The van der Waals surface area contributed by atoms with Crippen LogP contribution in [0.2, 0.25) is 5.02 Å². The molecule has 1 aliphatic rings. The van der Waals surface area contributed by atoms with Crippen LogP contribution < -0.4 is 9.47 Å². The maximum atomic E-state index is 12.3. The number of benzene rings is 2. The average Bonchev–Trinajstić information content (AvgIpc) is 3.07. The van der Waals surface area contributed by atoms with E-state index in [9.17, 15) is 14.9 Å². The number of aliphatic imine (C=N–C) groups is 1. The fraction of sp³-hybridized carbons (Fsp3) is 0.273. The first-order valence-electron chi connectivity index (χ1n) is 9.48. The molecule has 0 saturated heterocycles. The maximum absolute atomic E-state index is 12.3. The maximum Gasteiger partial charge on any atom is 0.363 e. The molecule has 0 atom stereocenters. The van der Waals surface area contributed by atoms with E-state index in [1.807, 2.05) is 13.8 Å². The van der Waals surface area contributed by atoms with Crippen LogP contribution in [-0.2, 0) is 9.53 Å². The summed E-state index contributed by atoms with van der Waals surface area (Å²) in [5.41, 5.74) is 1.35. The minimum atomic E-state index is -0.673. The summed E-state index contributed by atoms with van der Waals surface area (Å²) in [7, 11) is 1.50. The summed E-state index contributed by atoms with van der Waals surface area (Å²) in [6, 6.07) is 7.81. The Bertz CT molecular complexity index is 1110. The van der Waals surface area contributed by atoms with Gasteiger partial charge in [0, 0.05) is 17.2 Å². The zero-order valence-electron chi connectivity index (χ0n) is 17.5. The molecular formula is C22H21ClN2O6. The molecule has 0 aliphatic carbocycles. The summed E-state index contributed by atoms with van der Waals surface area (Å²) in [6.07, 6.45) is 1.50. The number of hydrogen-bond donors (Lipinski definition) is 0. The zero-order chi connectivity index (χ0) is 22.7. The first kappa shape index (κ1) is 22.3. The van der Waals surface area contributed by atoms with Crippen molar-refractivity contribution in [2.24, 2.45) is 10.9 Å². The minimum absolute atomic E-state index is 0.00528. The largest absolute Gasteiger partial charge is 0.493 e. The van der Waals surface area contributed by atoms with Crippen LogP contribution in [0.4, 0.5) is 5.69 Å². The standard InChI is InChI=1S/C22H21ClN2O6/c1-12(2)11-30-20-16(23)7-14(9-19(20)29-4)8-17-22(26)31-21(24-17)15-6-5-13(3)18(10-15)25(27)28/h5-10,12H,11H2,1-4H3/b17-8-. The fourth-order valence-electron chi connectivity index (χ4n) is 2.84. The van der Waals surface area contributed by atoms with Gasteiger partial charge in [0.25, 0.3) is 5.69 Å². The van der Waals surface area contributed by atoms with Gasteiger partial charge >= 0.3 is 5.97 Å². The van der Waals surface area contributed by atoms with Gasteiger partial charge in [-0.15, -0.1) is 0 Å². The quantitative estimate of drug-likeness (QED) is 0.259. The van der Waals surface area contributed by atoms with E-state index >= 15 is 0 Å². The van der Waals surface area contributed by atoms with Crippen molar-refractivity contribution < 1.29 is 23.9 Å². The van der Waals surface area contributed by atoms with Gasteiger partial charge in [-0.05, 0) is 42.7 Å². The third-order valence-electron chi connectivity index (χ3n) is 4.39. The molecule has 9 heteroatoms. The van der Waals surface area contributed by atoms with Crippen LogP contribution >= 0.6 is 11.6 Å². The van der Waals surface area contributed by atoms with Crippen LogP contribution in [0.1, 0.15) is 30.5 Å². The van der Waals surface area contributed by atoms with Gasteiger partial charge in [-0.2, -0.15) is 0 Å². The first-order chi connectivity index (χ1) is 14.7. The Hall–Kier alpha value is -3.39. The molecule has 8 nitrogen and oxygen atoms in total. The van der Waals surface area contributed by atoms with Crippen molar-refractivity contribution in [3.05, 3.63) is 67.9 Å². The van der Waals surface area contributed by atoms with Gasteiger partial charge in [-0.25, -0.2) is 9.79 Å². The van der Waals surface area contributed by atoms with Crippen molar-refractivity contribution in [1.82, 2.24) is 0 Å². The predicted molar refractivity (Wildman–Crippen MR) is 117 cm³/mol. The molecule has 0 amide bonds. The summed E-state index contributed by atoms with van der Waals surface area (Å²) in [5.74, 6) is 0.471. The number of nitrogens with zero attached hydrogens (tertiary/aromatic N) is 2. The van der Waals surface area contributed by atoms with Gasteiger partial charge in [0.2, 0.25) is 5.90 Å². The van der Waals surface area contributed by atoms with Gasteiger partial charge in [0.1, 0.15) is 0 Å². The van der Waals surface area contributed by atoms with Gasteiger partial charge in [-0.3, -0.25) is 10.1 Å². The Morgan fingerprint density at radius 1 is 1.29 bits per heavy atom. The van der Waals surface area contributed by atoms with Crippen molar-refractivity contribution >= 4 is 35.2 Å². The Balaban J connectivity index is 1.94. The highest BCUT2D eigenvalue weighted by Gasteiger charge is 2.26. The minimum Gasteiger partial charge on any atom is -0.493 e. The SMILES string of the molecule is COc1cc(/C=C2\N=C(c3ccc(C)c([N+](=O)[O-])c3)OC2=O)cc(Cl)c1OCC(C)C. The van der Waals surface area contributed by atoms with Crippen molar-refractivity contribution in [3.63, 3.8) is 0 Å². The Morgan fingerprint density at radius 2 is 2.03 bits per heavy atom. The number of halogens is 1. The molecule has 0 fully saturated rings. The highest BCUT2D eigenvalue weighted by molar-refractivity contribution is 6.32. The molecule has 0 radical (unpaired) electrons. The number of carbonyl (C=O) groups excluding carboxylic acids is 1. The highest BCUT2D eigenvalue weighted by Crippen LogP contribution is 2.37. The summed E-state index contributed by atoms with van der Waals surface area (Å²) in [5, 5.41) is 11.5. The van der Waals surface area contributed by atoms with Crippen LogP contribution in [0.3, 0.4) is 0 Å². The van der Waals surface area contributed by atoms with Crippen LogP contribution in [-0.4, -0.2) is 30.5 Å². The van der Waals surface area contributed by atoms with E-state index in [0.29, 0.717) is 45.7 Å². The smallest absolute Gasteiger partial charge is 0.363 e. The normalized spacial score (nSPS) is 14.6. The molecule has 162 valence electrons. The Kier molecular flexibility index (Phi) is 6.60. The number of esters is 1. The average molecular weight is 445 g/mol. The molecule has 0 unspecified atom stereocenters. The number of methoxy groups -OCH3 is 1. The summed E-state index contributed by atoms with van der Waals surface area (Å²) < 4.78 is 16.3. The number of aryl methyl sites for hydroxylation is 1. The number of nitro benzene ring substituents is 1. The van der Waals surface area contributed by atoms with Gasteiger partial charge in [0.15, 0.2) is 17.2 Å². The predicted octanol–water partition coefficient (Wildman–Crippen LogP) is 4.94. The highest BCUT2D eigenvalue weighted by atomic mass is 35.5. The third-order valence-corrected chi connectivity index (χ3v) is 4.67. The summed E-state index contributed by atoms with van der Waals surface area (Å²) in [4.78, 5) is 27.2. The molecule has 3 rings (SSSR count). The Morgan fingerprint density at radius 3 is 2.68 bits per heavy atom. The zero-order valence-corrected chi connectivity index (χ0v) is 18.2. The number of cyclic esters (lactones) is 1. The van der Waals surface area contributed by atoms with Gasteiger partial charge < -0.3 is 14.2 Å². The number of rotatable bonds is 7. The van der Waals surface area contributed by atoms with Crippen molar-refractivity contribution in [2.75, 3.05) is 13.7 Å². The second-order valence-electron chi connectivity index (χ2n) is 7.33.